The van der Waals surface area contributed by atoms with Gasteiger partial charge < -0.3 is 42.0 Å². The number of anilines is 1. The second-order valence-corrected chi connectivity index (χ2v) is 10.7. The van der Waals surface area contributed by atoms with Crippen LogP contribution < -0.4 is 32.7 Å². The summed E-state index contributed by atoms with van der Waals surface area (Å²) in [5.41, 5.74) is 14.6. The van der Waals surface area contributed by atoms with Crippen molar-refractivity contribution in [1.82, 2.24) is 41.2 Å². The fourth-order valence-electron chi connectivity index (χ4n) is 5.09. The molecule has 11 N–H and O–H groups in total. The Hall–Kier alpha value is -3.23. The zero-order chi connectivity index (χ0) is 25.4. The molecule has 0 spiro atoms. The molecule has 1 saturated carbocycles. The van der Waals surface area contributed by atoms with Gasteiger partial charge in [-0.15, -0.1) is 0 Å². The van der Waals surface area contributed by atoms with Crippen LogP contribution >= 0.6 is 31.9 Å². The number of halogens is 2. The van der Waals surface area contributed by atoms with Gasteiger partial charge in [-0.05, 0) is 55.8 Å². The molecule has 0 bridgehead atoms. The van der Waals surface area contributed by atoms with Crippen molar-refractivity contribution < 1.29 is 9.59 Å². The van der Waals surface area contributed by atoms with E-state index in [9.17, 15) is 9.59 Å². The van der Waals surface area contributed by atoms with Crippen molar-refractivity contribution in [3.8, 4) is 0 Å². The number of amides is 2. The molecule has 1 aliphatic carbocycles. The molecule has 3 aromatic heterocycles. The van der Waals surface area contributed by atoms with E-state index in [4.69, 9.17) is 11.5 Å². The molecule has 190 valence electrons. The van der Waals surface area contributed by atoms with Crippen molar-refractivity contribution in [2.45, 2.75) is 12.2 Å². The van der Waals surface area contributed by atoms with Crippen LogP contribution in [0.15, 0.2) is 51.6 Å². The molecule has 3 aromatic rings. The summed E-state index contributed by atoms with van der Waals surface area (Å²) in [7, 11) is 0. The summed E-state index contributed by atoms with van der Waals surface area (Å²) < 4.78 is 1.59. The van der Waals surface area contributed by atoms with Crippen LogP contribution in [0.4, 0.5) is 5.95 Å². The van der Waals surface area contributed by atoms with E-state index < -0.39 is 6.29 Å². The molecule has 0 aromatic carbocycles. The number of nitrogens with one attached hydrogen (secondary N) is 7. The van der Waals surface area contributed by atoms with Gasteiger partial charge in [0, 0.05) is 63.9 Å². The Bertz CT molecular complexity index is 1300. The molecular formula is C22H26Br2N10O2. The van der Waals surface area contributed by atoms with Gasteiger partial charge in [0.05, 0.1) is 6.20 Å². The van der Waals surface area contributed by atoms with E-state index in [1.807, 2.05) is 6.20 Å². The van der Waals surface area contributed by atoms with Crippen molar-refractivity contribution in [2.24, 2.45) is 23.5 Å². The second-order valence-electron chi connectivity index (χ2n) is 8.87. The third-order valence-corrected chi connectivity index (χ3v) is 7.63. The number of aromatic nitrogens is 4. The van der Waals surface area contributed by atoms with Gasteiger partial charge in [0.2, 0.25) is 0 Å². The molecule has 2 aliphatic rings. The summed E-state index contributed by atoms with van der Waals surface area (Å²) in [5.74, 6) is -0.208. The molecule has 0 radical (unpaired) electrons. The maximum atomic E-state index is 12.8. The van der Waals surface area contributed by atoms with E-state index >= 15 is 0 Å². The molecule has 12 nitrogen and oxygen atoms in total. The first kappa shape index (κ1) is 24.5. The Kier molecular flexibility index (Phi) is 6.81. The van der Waals surface area contributed by atoms with Gasteiger partial charge in [-0.2, -0.15) is 0 Å². The zero-order valence-electron chi connectivity index (χ0n) is 18.9. The minimum absolute atomic E-state index is 0.0107. The number of hydrogen-bond acceptors (Lipinski definition) is 7. The van der Waals surface area contributed by atoms with Gasteiger partial charge in [0.1, 0.15) is 17.7 Å². The van der Waals surface area contributed by atoms with E-state index in [0.29, 0.717) is 30.4 Å². The van der Waals surface area contributed by atoms with E-state index in [1.165, 1.54) is 0 Å². The predicted molar refractivity (Wildman–Crippen MR) is 140 cm³/mol. The Morgan fingerprint density at radius 3 is 2.00 bits per heavy atom. The molecule has 14 heteroatoms. The van der Waals surface area contributed by atoms with Gasteiger partial charge in [-0.1, -0.05) is 0 Å². The molecule has 1 aliphatic heterocycles. The molecule has 5 rings (SSSR count). The molecule has 4 heterocycles. The first-order valence-corrected chi connectivity index (χ1v) is 12.9. The number of rotatable bonds is 8. The largest absolute Gasteiger partial charge is 0.369 e. The first-order chi connectivity index (χ1) is 17.3. The van der Waals surface area contributed by atoms with Crippen LogP contribution in [0.5, 0.6) is 0 Å². The molecule has 0 saturated heterocycles. The third kappa shape index (κ3) is 4.88. The first-order valence-electron chi connectivity index (χ1n) is 11.3. The number of carbonyl (C=O) groups is 2. The second kappa shape index (κ2) is 10.0. The number of nitrogen functional groups attached to an aromatic ring is 1. The van der Waals surface area contributed by atoms with Gasteiger partial charge >= 0.3 is 0 Å². The lowest BCUT2D eigenvalue weighted by Crippen LogP contribution is -2.56. The lowest BCUT2D eigenvalue weighted by Gasteiger charge is -2.52. The number of allylic oxidation sites excluding steroid dienone is 1. The predicted octanol–water partition coefficient (Wildman–Crippen LogP) is 1.26. The molecule has 1 unspecified atom stereocenters. The number of carbonyl (C=O) groups excluding carboxylic acids is 2. The number of H-pyrrole nitrogens is 3. The molecule has 36 heavy (non-hydrogen) atoms. The third-order valence-electron chi connectivity index (χ3n) is 6.71. The number of nitrogens with two attached hydrogens (primary N) is 2. The average Bonchev–Trinajstić information content (AvgIpc) is 3.63. The lowest BCUT2D eigenvalue weighted by atomic mass is 9.54. The smallest absolute Gasteiger partial charge is 0.267 e. The van der Waals surface area contributed by atoms with E-state index in [1.54, 1.807) is 30.7 Å². The van der Waals surface area contributed by atoms with Crippen LogP contribution in [-0.2, 0) is 0 Å². The van der Waals surface area contributed by atoms with Crippen LogP contribution in [0, 0.1) is 17.8 Å². The molecule has 2 amide bonds. The summed E-state index contributed by atoms with van der Waals surface area (Å²) in [6.07, 6.45) is 6.60. The Morgan fingerprint density at radius 1 is 0.972 bits per heavy atom. The topological polar surface area (TPSA) is 195 Å². The lowest BCUT2D eigenvalue weighted by molar-refractivity contribution is 0.0461. The highest BCUT2D eigenvalue weighted by atomic mass is 79.9. The Labute approximate surface area is 223 Å². The standard InChI is InChI=1S/C22H26Br2N10O2/c23-9-1-13(27-3-9)19(35)29-5-11-12(6-30-20(36)14-2-10(24)4-28-14)18(16-8-32-22(26)34-16)17(11)15-7-31-21(25)33-15/h1-4,7-8,11-12,17-18,21,27-28,31,33H,5-6,25H2,(H,29,35)(H,30,36)(H3,26,32,34)/t11-,12-,17-,18-,21?/m1/s1. The summed E-state index contributed by atoms with van der Waals surface area (Å²) in [6.45, 7) is 0.778. The minimum Gasteiger partial charge on any atom is -0.369 e. The number of aromatic amines is 3. The van der Waals surface area contributed by atoms with Gasteiger partial charge in [-0.3, -0.25) is 15.3 Å². The number of nitrogens with zero attached hydrogens (tertiary/aromatic N) is 1. The SMILES string of the molecule is Nc1ncc([C@H]2[C@H](CNC(=O)c3cc(Br)c[nH]3)[C@@H](CNC(=O)c3cc(Br)c[nH]3)[C@@H]2C2=CNC(N)N2)[nH]1. The van der Waals surface area contributed by atoms with E-state index in [2.05, 4.69) is 73.1 Å². The summed E-state index contributed by atoms with van der Waals surface area (Å²) in [4.78, 5) is 38.7. The maximum Gasteiger partial charge on any atom is 0.267 e. The summed E-state index contributed by atoms with van der Waals surface area (Å²) in [5, 5.41) is 12.4. The highest BCUT2D eigenvalue weighted by molar-refractivity contribution is 9.10. The van der Waals surface area contributed by atoms with Crippen LogP contribution in [0.25, 0.3) is 0 Å². The Balaban J connectivity index is 1.38. The summed E-state index contributed by atoms with van der Waals surface area (Å²) in [6, 6.07) is 3.44. The Morgan fingerprint density at radius 2 is 1.56 bits per heavy atom. The minimum atomic E-state index is -0.399. The van der Waals surface area contributed by atoms with E-state index in [0.717, 1.165) is 20.3 Å². The van der Waals surface area contributed by atoms with E-state index in [-0.39, 0.29) is 35.5 Å². The molecular weight excluding hydrogens is 596 g/mol. The normalized spacial score (nSPS) is 24.9. The van der Waals surface area contributed by atoms with Crippen molar-refractivity contribution in [1.29, 1.82) is 0 Å². The van der Waals surface area contributed by atoms with Crippen molar-refractivity contribution in [3.63, 3.8) is 0 Å². The highest BCUT2D eigenvalue weighted by Gasteiger charge is 2.53. The highest BCUT2D eigenvalue weighted by Crippen LogP contribution is 2.54. The number of imidazole rings is 1. The van der Waals surface area contributed by atoms with Gasteiger partial charge in [-0.25, -0.2) is 4.98 Å². The van der Waals surface area contributed by atoms with Gasteiger partial charge in [0.25, 0.3) is 11.8 Å². The van der Waals surface area contributed by atoms with Gasteiger partial charge in [0.15, 0.2) is 5.95 Å². The molecule has 1 fully saturated rings. The van der Waals surface area contributed by atoms with Crippen LogP contribution in [0.2, 0.25) is 0 Å². The van der Waals surface area contributed by atoms with Crippen LogP contribution in [0.1, 0.15) is 32.6 Å². The molecule has 5 atom stereocenters. The fraction of sp³-hybridized carbons (Fsp3) is 0.318. The monoisotopic (exact) mass is 620 g/mol. The summed E-state index contributed by atoms with van der Waals surface area (Å²) >= 11 is 6.71. The number of hydrogen-bond donors (Lipinski definition) is 9. The van der Waals surface area contributed by atoms with Crippen molar-refractivity contribution in [2.75, 3.05) is 18.8 Å². The van der Waals surface area contributed by atoms with Crippen molar-refractivity contribution in [3.05, 3.63) is 68.6 Å². The van der Waals surface area contributed by atoms with Crippen LogP contribution in [-0.4, -0.2) is 51.1 Å². The quantitative estimate of drug-likeness (QED) is 0.180. The maximum absolute atomic E-state index is 12.8. The average molecular weight is 622 g/mol. The fourth-order valence-corrected chi connectivity index (χ4v) is 5.78. The van der Waals surface area contributed by atoms with Crippen molar-refractivity contribution >= 4 is 49.6 Å². The zero-order valence-corrected chi connectivity index (χ0v) is 22.1. The van der Waals surface area contributed by atoms with Crippen LogP contribution in [0.3, 0.4) is 0 Å².